The van der Waals surface area contributed by atoms with Crippen LogP contribution in [0.4, 0.5) is 0 Å². The molecular weight excluding hydrogens is 324 g/mol. The van der Waals surface area contributed by atoms with Gasteiger partial charge in [0.25, 0.3) is 5.91 Å². The van der Waals surface area contributed by atoms with Gasteiger partial charge in [0.2, 0.25) is 5.91 Å². The first-order chi connectivity index (χ1) is 11.5. The van der Waals surface area contributed by atoms with Crippen LogP contribution in [0.25, 0.3) is 0 Å². The highest BCUT2D eigenvalue weighted by molar-refractivity contribution is 7.12. The summed E-state index contributed by atoms with van der Waals surface area (Å²) in [5.74, 6) is -0.0733. The number of nitrogens with one attached hydrogen (secondary N) is 1. The Morgan fingerprint density at radius 1 is 1.21 bits per heavy atom. The minimum absolute atomic E-state index is 0.0327. The standard InChI is InChI=1S/C18H24N2O3S/c1-12(21)16-8-13(11-24-16)18(23)19-14-9-17(22)20(10-14)15-6-4-2-3-5-7-15/h8,11,14-15H,2-7,9-10H2,1H3,(H,19,23). The van der Waals surface area contributed by atoms with Crippen LogP contribution in [0.1, 0.15) is 71.9 Å². The van der Waals surface area contributed by atoms with Crippen molar-refractivity contribution in [2.45, 2.75) is 64.0 Å². The number of rotatable bonds is 4. The fraction of sp³-hybridized carbons (Fsp3) is 0.611. The van der Waals surface area contributed by atoms with Gasteiger partial charge in [-0.3, -0.25) is 14.4 Å². The third-order valence-electron chi connectivity index (χ3n) is 4.97. The molecule has 6 heteroatoms. The minimum Gasteiger partial charge on any atom is -0.347 e. The van der Waals surface area contributed by atoms with Gasteiger partial charge < -0.3 is 10.2 Å². The predicted molar refractivity (Wildman–Crippen MR) is 93.4 cm³/mol. The first-order valence-electron chi connectivity index (χ1n) is 8.74. The number of thiophene rings is 1. The first-order valence-corrected chi connectivity index (χ1v) is 9.62. The zero-order valence-electron chi connectivity index (χ0n) is 14.0. The number of likely N-dealkylation sites (tertiary alicyclic amines) is 1. The van der Waals surface area contributed by atoms with Crippen molar-refractivity contribution in [2.75, 3.05) is 6.54 Å². The molecule has 2 aliphatic rings. The summed E-state index contributed by atoms with van der Waals surface area (Å²) in [6, 6.07) is 1.84. The molecule has 0 spiro atoms. The van der Waals surface area contributed by atoms with Gasteiger partial charge in [0.1, 0.15) is 0 Å². The maximum atomic E-state index is 12.3. The molecule has 0 radical (unpaired) electrons. The Morgan fingerprint density at radius 3 is 2.54 bits per heavy atom. The largest absolute Gasteiger partial charge is 0.347 e. The summed E-state index contributed by atoms with van der Waals surface area (Å²) in [6.45, 7) is 2.10. The second-order valence-corrected chi connectivity index (χ2v) is 7.73. The number of ketones is 1. The summed E-state index contributed by atoms with van der Waals surface area (Å²) in [5, 5.41) is 4.66. The average molecular weight is 348 g/mol. The van der Waals surface area contributed by atoms with E-state index in [1.807, 2.05) is 4.90 Å². The summed E-state index contributed by atoms with van der Waals surface area (Å²) in [6.07, 6.45) is 7.44. The van der Waals surface area contributed by atoms with Crippen molar-refractivity contribution in [1.82, 2.24) is 10.2 Å². The average Bonchev–Trinajstić information content (AvgIpc) is 3.07. The molecule has 1 saturated carbocycles. The number of amides is 2. The smallest absolute Gasteiger partial charge is 0.252 e. The first kappa shape index (κ1) is 17.1. The Morgan fingerprint density at radius 2 is 1.92 bits per heavy atom. The van der Waals surface area contributed by atoms with Crippen LogP contribution in [-0.2, 0) is 4.79 Å². The molecule has 0 aromatic carbocycles. The highest BCUT2D eigenvalue weighted by atomic mass is 32.1. The molecule has 130 valence electrons. The summed E-state index contributed by atoms with van der Waals surface area (Å²) < 4.78 is 0. The molecule has 1 N–H and O–H groups in total. The second kappa shape index (κ2) is 7.47. The lowest BCUT2D eigenvalue weighted by atomic mass is 10.1. The van der Waals surface area contributed by atoms with Crippen molar-refractivity contribution >= 4 is 28.9 Å². The van der Waals surface area contributed by atoms with Crippen molar-refractivity contribution in [1.29, 1.82) is 0 Å². The number of Topliss-reactive ketones (excluding diaryl/α,β-unsaturated/α-hetero) is 1. The Kier molecular flexibility index (Phi) is 5.33. The van der Waals surface area contributed by atoms with Crippen molar-refractivity contribution in [3.8, 4) is 0 Å². The Labute approximate surface area is 146 Å². The van der Waals surface area contributed by atoms with E-state index in [4.69, 9.17) is 0 Å². The van der Waals surface area contributed by atoms with Crippen LogP contribution < -0.4 is 5.32 Å². The molecule has 2 heterocycles. The SMILES string of the molecule is CC(=O)c1cc(C(=O)NC2CC(=O)N(C3CCCCCC3)C2)cs1. The summed E-state index contributed by atoms with van der Waals surface area (Å²) in [4.78, 5) is 38.6. The fourth-order valence-corrected chi connectivity index (χ4v) is 4.45. The molecule has 2 amide bonds. The highest BCUT2D eigenvalue weighted by Crippen LogP contribution is 2.26. The minimum atomic E-state index is -0.195. The number of carbonyl (C=O) groups excluding carboxylic acids is 3. The monoisotopic (exact) mass is 348 g/mol. The molecule has 3 rings (SSSR count). The van der Waals surface area contributed by atoms with Crippen LogP contribution >= 0.6 is 11.3 Å². The Balaban J connectivity index is 1.58. The third-order valence-corrected chi connectivity index (χ3v) is 6.00. The highest BCUT2D eigenvalue weighted by Gasteiger charge is 2.35. The molecule has 1 aromatic heterocycles. The Bertz CT molecular complexity index is 632. The maximum Gasteiger partial charge on any atom is 0.252 e. The van der Waals surface area contributed by atoms with Crippen LogP contribution in [0.3, 0.4) is 0 Å². The lowest BCUT2D eigenvalue weighted by molar-refractivity contribution is -0.129. The van der Waals surface area contributed by atoms with E-state index in [2.05, 4.69) is 5.32 Å². The van der Waals surface area contributed by atoms with E-state index in [1.165, 1.54) is 43.9 Å². The van der Waals surface area contributed by atoms with Crippen molar-refractivity contribution in [2.24, 2.45) is 0 Å². The molecule has 2 fully saturated rings. The molecule has 24 heavy (non-hydrogen) atoms. The molecule has 1 aromatic rings. The summed E-state index contributed by atoms with van der Waals surface area (Å²) in [7, 11) is 0. The van der Waals surface area contributed by atoms with Gasteiger partial charge >= 0.3 is 0 Å². The van der Waals surface area contributed by atoms with Crippen molar-refractivity contribution in [3.63, 3.8) is 0 Å². The lowest BCUT2D eigenvalue weighted by Gasteiger charge is -2.27. The molecule has 5 nitrogen and oxygen atoms in total. The lowest BCUT2D eigenvalue weighted by Crippen LogP contribution is -2.40. The van der Waals surface area contributed by atoms with Gasteiger partial charge in [0.05, 0.1) is 16.5 Å². The third kappa shape index (κ3) is 3.86. The zero-order valence-corrected chi connectivity index (χ0v) is 14.9. The number of hydrogen-bond acceptors (Lipinski definition) is 4. The summed E-state index contributed by atoms with van der Waals surface area (Å²) >= 11 is 1.28. The van der Waals surface area contributed by atoms with E-state index < -0.39 is 0 Å². The van der Waals surface area contributed by atoms with Gasteiger partial charge in [0.15, 0.2) is 5.78 Å². The van der Waals surface area contributed by atoms with Gasteiger partial charge in [0, 0.05) is 24.4 Å². The maximum absolute atomic E-state index is 12.3. The van der Waals surface area contributed by atoms with Crippen LogP contribution in [-0.4, -0.2) is 41.1 Å². The van der Waals surface area contributed by atoms with Crippen LogP contribution in [0, 0.1) is 0 Å². The van der Waals surface area contributed by atoms with Gasteiger partial charge in [-0.15, -0.1) is 11.3 Å². The van der Waals surface area contributed by atoms with E-state index in [0.29, 0.717) is 29.4 Å². The molecule has 1 aliphatic heterocycles. The molecule has 0 bridgehead atoms. The van der Waals surface area contributed by atoms with Crippen molar-refractivity contribution in [3.05, 3.63) is 21.9 Å². The van der Waals surface area contributed by atoms with Crippen LogP contribution in [0.15, 0.2) is 11.4 Å². The predicted octanol–water partition coefficient (Wildman–Crippen LogP) is 3.00. The quantitative estimate of drug-likeness (QED) is 0.672. The van der Waals surface area contributed by atoms with Gasteiger partial charge in [-0.25, -0.2) is 0 Å². The van der Waals surface area contributed by atoms with E-state index >= 15 is 0 Å². The van der Waals surface area contributed by atoms with Gasteiger partial charge in [-0.1, -0.05) is 25.7 Å². The number of hydrogen-bond donors (Lipinski definition) is 1. The van der Waals surface area contributed by atoms with Crippen LogP contribution in [0.5, 0.6) is 0 Å². The topological polar surface area (TPSA) is 66.5 Å². The molecule has 1 aliphatic carbocycles. The van der Waals surface area contributed by atoms with Gasteiger partial charge in [-0.2, -0.15) is 0 Å². The van der Waals surface area contributed by atoms with Gasteiger partial charge in [-0.05, 0) is 25.8 Å². The van der Waals surface area contributed by atoms with Crippen molar-refractivity contribution < 1.29 is 14.4 Å². The summed E-state index contributed by atoms with van der Waals surface area (Å²) in [5.41, 5.74) is 0.505. The number of carbonyl (C=O) groups is 3. The van der Waals surface area contributed by atoms with E-state index in [0.717, 1.165) is 12.8 Å². The molecule has 1 atom stereocenters. The molecule has 1 unspecified atom stereocenters. The number of nitrogens with zero attached hydrogens (tertiary/aromatic N) is 1. The van der Waals surface area contributed by atoms with E-state index in [1.54, 1.807) is 11.4 Å². The van der Waals surface area contributed by atoms with E-state index in [9.17, 15) is 14.4 Å². The Hall–Kier alpha value is -1.69. The van der Waals surface area contributed by atoms with Crippen LogP contribution in [0.2, 0.25) is 0 Å². The second-order valence-electron chi connectivity index (χ2n) is 6.82. The zero-order chi connectivity index (χ0) is 17.1. The van der Waals surface area contributed by atoms with E-state index in [-0.39, 0.29) is 23.6 Å². The normalized spacial score (nSPS) is 22.5. The molecule has 1 saturated heterocycles. The fourth-order valence-electron chi connectivity index (χ4n) is 3.66. The molecular formula is C18H24N2O3S.